The summed E-state index contributed by atoms with van der Waals surface area (Å²) in [5.74, 6) is 0.506. The molecule has 118 valence electrons. The molecule has 0 fully saturated rings. The molecule has 0 spiro atoms. The molecule has 0 saturated heterocycles. The van der Waals surface area contributed by atoms with Crippen LogP contribution in [0.5, 0.6) is 5.75 Å². The predicted molar refractivity (Wildman–Crippen MR) is 81.6 cm³/mol. The molecule has 21 heavy (non-hydrogen) atoms. The predicted octanol–water partition coefficient (Wildman–Crippen LogP) is 1.80. The van der Waals surface area contributed by atoms with E-state index in [2.05, 4.69) is 5.32 Å². The first-order valence-corrected chi connectivity index (χ1v) is 7.35. The third-order valence-electron chi connectivity index (χ3n) is 2.88. The monoisotopic (exact) mass is 295 g/mol. The zero-order chi connectivity index (χ0) is 15.5. The number of esters is 1. The van der Waals surface area contributed by atoms with Gasteiger partial charge in [-0.1, -0.05) is 12.1 Å². The third-order valence-corrected chi connectivity index (χ3v) is 2.88. The van der Waals surface area contributed by atoms with Crippen LogP contribution in [0.15, 0.2) is 24.3 Å². The Bertz CT molecular complexity index is 405. The number of likely N-dealkylation sites (N-methyl/N-ethyl adjacent to an activating group) is 1. The van der Waals surface area contributed by atoms with Crippen molar-refractivity contribution in [2.75, 3.05) is 33.4 Å². The first-order valence-electron chi connectivity index (χ1n) is 7.35. The van der Waals surface area contributed by atoms with Gasteiger partial charge >= 0.3 is 5.97 Å². The summed E-state index contributed by atoms with van der Waals surface area (Å²) in [5.41, 5.74) is 1.02. The number of carbonyl (C=O) groups is 1. The van der Waals surface area contributed by atoms with E-state index in [4.69, 9.17) is 14.2 Å². The minimum absolute atomic E-state index is 0.311. The highest BCUT2D eigenvalue weighted by molar-refractivity contribution is 5.75. The minimum atomic E-state index is -0.550. The largest absolute Gasteiger partial charge is 0.492 e. The lowest BCUT2D eigenvalue weighted by Crippen LogP contribution is -2.28. The van der Waals surface area contributed by atoms with Crippen LogP contribution in [0.2, 0.25) is 0 Å². The number of nitrogens with one attached hydrogen (secondary N) is 1. The maximum absolute atomic E-state index is 11.8. The molecule has 5 heteroatoms. The fourth-order valence-corrected chi connectivity index (χ4v) is 1.85. The Kier molecular flexibility index (Phi) is 8.47. The normalized spacial score (nSPS) is 12.0. The number of rotatable bonds is 10. The van der Waals surface area contributed by atoms with Gasteiger partial charge in [0.05, 0.1) is 6.61 Å². The van der Waals surface area contributed by atoms with E-state index in [0.29, 0.717) is 26.2 Å². The Balaban J connectivity index is 2.56. The van der Waals surface area contributed by atoms with Crippen LogP contribution in [-0.4, -0.2) is 45.5 Å². The van der Waals surface area contributed by atoms with Crippen LogP contribution in [0.25, 0.3) is 0 Å². The van der Waals surface area contributed by atoms with E-state index in [9.17, 15) is 4.79 Å². The second-order valence-electron chi connectivity index (χ2n) is 4.50. The molecule has 0 aromatic heterocycles. The molecule has 1 atom stereocenters. The van der Waals surface area contributed by atoms with Crippen molar-refractivity contribution in [2.45, 2.75) is 26.4 Å². The first kappa shape index (κ1) is 17.5. The summed E-state index contributed by atoms with van der Waals surface area (Å²) in [7, 11) is 1.88. The fraction of sp³-hybridized carbons (Fsp3) is 0.562. The van der Waals surface area contributed by atoms with E-state index in [1.807, 2.05) is 38.2 Å². The summed E-state index contributed by atoms with van der Waals surface area (Å²) in [6, 6.07) is 7.69. The average Bonchev–Trinajstić information content (AvgIpc) is 2.49. The van der Waals surface area contributed by atoms with Crippen molar-refractivity contribution < 1.29 is 19.0 Å². The molecule has 1 aromatic rings. The van der Waals surface area contributed by atoms with Crippen molar-refractivity contribution in [2.24, 2.45) is 0 Å². The number of hydrogen-bond acceptors (Lipinski definition) is 5. The van der Waals surface area contributed by atoms with E-state index < -0.39 is 6.10 Å². The van der Waals surface area contributed by atoms with Crippen LogP contribution in [0, 0.1) is 0 Å². The lowest BCUT2D eigenvalue weighted by molar-refractivity contribution is -0.156. The highest BCUT2D eigenvalue weighted by atomic mass is 16.6. The summed E-state index contributed by atoms with van der Waals surface area (Å²) in [6.45, 7) is 5.93. The maximum Gasteiger partial charge on any atom is 0.335 e. The Labute approximate surface area is 126 Å². The molecule has 0 aliphatic heterocycles. The highest BCUT2D eigenvalue weighted by Gasteiger charge is 2.20. The molecule has 0 heterocycles. The zero-order valence-electron chi connectivity index (χ0n) is 13.1. The van der Waals surface area contributed by atoms with Crippen molar-refractivity contribution in [3.63, 3.8) is 0 Å². The molecule has 0 unspecified atom stereocenters. The number of benzene rings is 1. The van der Waals surface area contributed by atoms with Crippen molar-refractivity contribution in [3.05, 3.63) is 29.8 Å². The average molecular weight is 295 g/mol. The standard InChI is InChI=1S/C16H25NO4/c1-4-19-15(16(18)20-5-2)12-13-6-8-14(9-7-13)21-11-10-17-3/h6-9,15,17H,4-5,10-12H2,1-3H3/t15-/m0/s1. The molecule has 5 nitrogen and oxygen atoms in total. The molecule has 0 saturated carbocycles. The van der Waals surface area contributed by atoms with E-state index in [0.717, 1.165) is 17.9 Å². The van der Waals surface area contributed by atoms with Gasteiger partial charge in [0, 0.05) is 19.6 Å². The van der Waals surface area contributed by atoms with Gasteiger partial charge in [-0.05, 0) is 38.6 Å². The van der Waals surface area contributed by atoms with Gasteiger partial charge in [0.1, 0.15) is 12.4 Å². The highest BCUT2D eigenvalue weighted by Crippen LogP contribution is 2.15. The molecule has 0 amide bonds. The van der Waals surface area contributed by atoms with Gasteiger partial charge in [-0.15, -0.1) is 0 Å². The molecule has 1 aromatic carbocycles. The molecule has 0 bridgehead atoms. The van der Waals surface area contributed by atoms with Crippen LogP contribution in [0.4, 0.5) is 0 Å². The van der Waals surface area contributed by atoms with Crippen LogP contribution in [0.3, 0.4) is 0 Å². The van der Waals surface area contributed by atoms with Crippen LogP contribution >= 0.6 is 0 Å². The van der Waals surface area contributed by atoms with Crippen LogP contribution in [-0.2, 0) is 20.7 Å². The van der Waals surface area contributed by atoms with E-state index >= 15 is 0 Å². The SMILES string of the molecule is CCOC(=O)[C@H](Cc1ccc(OCCNC)cc1)OCC. The molecular formula is C16H25NO4. The maximum atomic E-state index is 11.8. The summed E-state index contributed by atoms with van der Waals surface area (Å²) in [6.07, 6.45) is -0.0465. The van der Waals surface area contributed by atoms with Gasteiger partial charge in [0.25, 0.3) is 0 Å². The van der Waals surface area contributed by atoms with Crippen molar-refractivity contribution in [1.82, 2.24) is 5.32 Å². The quantitative estimate of drug-likeness (QED) is 0.527. The van der Waals surface area contributed by atoms with Crippen LogP contribution in [0.1, 0.15) is 19.4 Å². The van der Waals surface area contributed by atoms with Crippen molar-refractivity contribution in [1.29, 1.82) is 0 Å². The smallest absolute Gasteiger partial charge is 0.335 e. The second-order valence-corrected chi connectivity index (χ2v) is 4.50. The topological polar surface area (TPSA) is 56.8 Å². The summed E-state index contributed by atoms with van der Waals surface area (Å²) < 4.78 is 16.0. The Morgan fingerprint density at radius 1 is 1.19 bits per heavy atom. The number of hydrogen-bond donors (Lipinski definition) is 1. The minimum Gasteiger partial charge on any atom is -0.492 e. The van der Waals surface area contributed by atoms with Gasteiger partial charge < -0.3 is 19.5 Å². The third kappa shape index (κ3) is 6.60. The molecule has 1 N–H and O–H groups in total. The second kappa shape index (κ2) is 10.2. The van der Waals surface area contributed by atoms with E-state index in [1.54, 1.807) is 6.92 Å². The summed E-state index contributed by atoms with van der Waals surface area (Å²) in [5, 5.41) is 3.02. The lowest BCUT2D eigenvalue weighted by atomic mass is 10.1. The molecule has 0 radical (unpaired) electrons. The number of ether oxygens (including phenoxy) is 3. The fourth-order valence-electron chi connectivity index (χ4n) is 1.85. The Morgan fingerprint density at radius 3 is 2.48 bits per heavy atom. The van der Waals surface area contributed by atoms with E-state index in [-0.39, 0.29) is 5.97 Å². The van der Waals surface area contributed by atoms with E-state index in [1.165, 1.54) is 0 Å². The molecule has 0 aliphatic carbocycles. The van der Waals surface area contributed by atoms with Crippen LogP contribution < -0.4 is 10.1 Å². The van der Waals surface area contributed by atoms with Crippen molar-refractivity contribution in [3.8, 4) is 5.75 Å². The number of carbonyl (C=O) groups excluding carboxylic acids is 1. The molecular weight excluding hydrogens is 270 g/mol. The van der Waals surface area contributed by atoms with Gasteiger partial charge in [0.2, 0.25) is 0 Å². The van der Waals surface area contributed by atoms with Gasteiger partial charge in [-0.2, -0.15) is 0 Å². The summed E-state index contributed by atoms with van der Waals surface area (Å²) in [4.78, 5) is 11.8. The molecule has 1 rings (SSSR count). The van der Waals surface area contributed by atoms with Gasteiger partial charge in [-0.3, -0.25) is 0 Å². The van der Waals surface area contributed by atoms with Crippen molar-refractivity contribution >= 4 is 5.97 Å². The Morgan fingerprint density at radius 2 is 1.90 bits per heavy atom. The zero-order valence-corrected chi connectivity index (χ0v) is 13.1. The lowest BCUT2D eigenvalue weighted by Gasteiger charge is -2.15. The summed E-state index contributed by atoms with van der Waals surface area (Å²) >= 11 is 0. The van der Waals surface area contributed by atoms with Gasteiger partial charge in [0.15, 0.2) is 6.10 Å². The first-order chi connectivity index (χ1) is 10.2. The van der Waals surface area contributed by atoms with Gasteiger partial charge in [-0.25, -0.2) is 4.79 Å². The Hall–Kier alpha value is -1.59. The molecule has 0 aliphatic rings.